The van der Waals surface area contributed by atoms with E-state index in [-0.39, 0.29) is 35.1 Å². The van der Waals surface area contributed by atoms with Crippen LogP contribution in [0.5, 0.6) is 5.75 Å². The molecule has 0 atom stereocenters. The number of amides is 1. The first-order chi connectivity index (χ1) is 15.2. The summed E-state index contributed by atoms with van der Waals surface area (Å²) in [6.07, 6.45) is 0. The van der Waals surface area contributed by atoms with Gasteiger partial charge in [0.05, 0.1) is 7.11 Å². The van der Waals surface area contributed by atoms with E-state index in [1.54, 1.807) is 44.2 Å². The van der Waals surface area contributed by atoms with Crippen molar-refractivity contribution in [2.45, 2.75) is 18.7 Å². The molecule has 32 heavy (non-hydrogen) atoms. The molecule has 0 unspecified atom stereocenters. The zero-order valence-corrected chi connectivity index (χ0v) is 19.0. The zero-order chi connectivity index (χ0) is 23.7. The largest absolute Gasteiger partial charge is 0.495 e. The van der Waals surface area contributed by atoms with Crippen molar-refractivity contribution in [3.8, 4) is 5.75 Å². The number of nitrogens with zero attached hydrogens (tertiary/aromatic N) is 1. The Kier molecular flexibility index (Phi) is 8.91. The molecule has 10 heteroatoms. The smallest absolute Gasteiger partial charge is 0.325 e. The van der Waals surface area contributed by atoms with Gasteiger partial charge in [-0.2, -0.15) is 4.31 Å². The van der Waals surface area contributed by atoms with Gasteiger partial charge in [-0.15, -0.1) is 0 Å². The SMILES string of the molecule is CCN(CC)S(=O)(=O)c1cc(C(=O)NCC(=O)OCC(=O)c2ccccc2)ccc1OC. The number of hydrogen-bond donors (Lipinski definition) is 1. The highest BCUT2D eigenvalue weighted by Gasteiger charge is 2.27. The Labute approximate surface area is 187 Å². The van der Waals surface area contributed by atoms with Crippen LogP contribution < -0.4 is 10.1 Å². The first kappa shape index (κ1) is 25.0. The molecule has 1 amide bonds. The molecule has 2 rings (SSSR count). The second-order valence-corrected chi connectivity index (χ2v) is 8.49. The molecule has 0 aliphatic rings. The number of esters is 1. The Balaban J connectivity index is 2.04. The first-order valence-electron chi connectivity index (χ1n) is 9.94. The van der Waals surface area contributed by atoms with Crippen molar-refractivity contribution in [1.82, 2.24) is 9.62 Å². The van der Waals surface area contributed by atoms with Crippen molar-refractivity contribution < 1.29 is 32.3 Å². The minimum absolute atomic E-state index is 0.0321. The van der Waals surface area contributed by atoms with E-state index in [4.69, 9.17) is 9.47 Å². The summed E-state index contributed by atoms with van der Waals surface area (Å²) in [7, 11) is -2.54. The van der Waals surface area contributed by atoms with Crippen LogP contribution in [0.4, 0.5) is 0 Å². The lowest BCUT2D eigenvalue weighted by Gasteiger charge is -2.20. The van der Waals surface area contributed by atoms with Crippen LogP contribution in [0.2, 0.25) is 0 Å². The van der Waals surface area contributed by atoms with Crippen molar-refractivity contribution in [3.63, 3.8) is 0 Å². The molecule has 0 saturated heterocycles. The maximum Gasteiger partial charge on any atom is 0.325 e. The van der Waals surface area contributed by atoms with Crippen LogP contribution in [0, 0.1) is 0 Å². The van der Waals surface area contributed by atoms with Crippen molar-refractivity contribution >= 4 is 27.7 Å². The third-order valence-corrected chi connectivity index (χ3v) is 6.67. The van der Waals surface area contributed by atoms with Crippen LogP contribution >= 0.6 is 0 Å². The molecule has 0 aromatic heterocycles. The Bertz CT molecular complexity index is 1060. The lowest BCUT2D eigenvalue weighted by atomic mass is 10.1. The molecule has 0 bridgehead atoms. The van der Waals surface area contributed by atoms with Gasteiger partial charge in [0.15, 0.2) is 12.4 Å². The molecule has 172 valence electrons. The molecular weight excluding hydrogens is 436 g/mol. The number of ketones is 1. The maximum absolute atomic E-state index is 12.9. The standard InChI is InChI=1S/C22H26N2O7S/c1-4-24(5-2)32(28,29)20-13-17(11-12-19(20)30-3)22(27)23-14-21(26)31-15-18(25)16-9-7-6-8-10-16/h6-13H,4-5,14-15H2,1-3H3,(H,23,27). The molecule has 0 fully saturated rings. The van der Waals surface area contributed by atoms with Crippen LogP contribution in [0.1, 0.15) is 34.6 Å². The van der Waals surface area contributed by atoms with Crippen molar-refractivity contribution in [2.24, 2.45) is 0 Å². The molecule has 1 N–H and O–H groups in total. The number of hydrogen-bond acceptors (Lipinski definition) is 7. The molecule has 0 aliphatic carbocycles. The van der Waals surface area contributed by atoms with E-state index in [0.29, 0.717) is 5.56 Å². The van der Waals surface area contributed by atoms with Crippen LogP contribution in [0.3, 0.4) is 0 Å². The zero-order valence-electron chi connectivity index (χ0n) is 18.2. The van der Waals surface area contributed by atoms with E-state index in [9.17, 15) is 22.8 Å². The van der Waals surface area contributed by atoms with Crippen LogP contribution in [-0.2, 0) is 19.6 Å². The molecule has 0 spiro atoms. The highest BCUT2D eigenvalue weighted by atomic mass is 32.2. The molecule has 2 aromatic carbocycles. The van der Waals surface area contributed by atoms with E-state index in [1.165, 1.54) is 29.6 Å². The number of benzene rings is 2. The van der Waals surface area contributed by atoms with Gasteiger partial charge in [0, 0.05) is 24.2 Å². The number of methoxy groups -OCH3 is 1. The van der Waals surface area contributed by atoms with Crippen molar-refractivity contribution in [1.29, 1.82) is 0 Å². The number of Topliss-reactive ketones (excluding diaryl/α,β-unsaturated/α-hetero) is 1. The number of sulfonamides is 1. The van der Waals surface area contributed by atoms with Gasteiger partial charge in [0.25, 0.3) is 5.91 Å². The number of nitrogens with one attached hydrogen (secondary N) is 1. The van der Waals surface area contributed by atoms with E-state index in [0.717, 1.165) is 0 Å². The number of carbonyl (C=O) groups excluding carboxylic acids is 3. The summed E-state index contributed by atoms with van der Waals surface area (Å²) >= 11 is 0. The van der Waals surface area contributed by atoms with Gasteiger partial charge in [-0.05, 0) is 18.2 Å². The molecular formula is C22H26N2O7S. The minimum Gasteiger partial charge on any atom is -0.495 e. The Morgan fingerprint density at radius 3 is 2.22 bits per heavy atom. The van der Waals surface area contributed by atoms with Crippen LogP contribution in [-0.4, -0.2) is 63.7 Å². The second-order valence-electron chi connectivity index (χ2n) is 6.59. The molecule has 0 aliphatic heterocycles. The lowest BCUT2D eigenvalue weighted by Crippen LogP contribution is -2.33. The third-order valence-electron chi connectivity index (χ3n) is 4.60. The average molecular weight is 463 g/mol. The van der Waals surface area contributed by atoms with Crippen LogP contribution in [0.15, 0.2) is 53.4 Å². The number of ether oxygens (including phenoxy) is 2. The normalized spacial score (nSPS) is 11.1. The fourth-order valence-electron chi connectivity index (χ4n) is 2.88. The van der Waals surface area contributed by atoms with Crippen molar-refractivity contribution in [3.05, 3.63) is 59.7 Å². The predicted octanol–water partition coefficient (Wildman–Crippen LogP) is 1.88. The summed E-state index contributed by atoms with van der Waals surface area (Å²) in [4.78, 5) is 36.2. The van der Waals surface area contributed by atoms with Gasteiger partial charge in [-0.3, -0.25) is 14.4 Å². The highest BCUT2D eigenvalue weighted by Crippen LogP contribution is 2.27. The summed E-state index contributed by atoms with van der Waals surface area (Å²) in [6, 6.07) is 12.3. The maximum atomic E-state index is 12.9. The molecule has 0 heterocycles. The van der Waals surface area contributed by atoms with E-state index in [1.807, 2.05) is 0 Å². The third kappa shape index (κ3) is 6.14. The fraction of sp³-hybridized carbons (Fsp3) is 0.318. The second kappa shape index (κ2) is 11.4. The monoisotopic (exact) mass is 462 g/mol. The summed E-state index contributed by atoms with van der Waals surface area (Å²) in [5.41, 5.74) is 0.439. The number of rotatable bonds is 11. The summed E-state index contributed by atoms with van der Waals surface area (Å²) in [6.45, 7) is 2.99. The van der Waals surface area contributed by atoms with E-state index < -0.39 is 35.1 Å². The topological polar surface area (TPSA) is 119 Å². The average Bonchev–Trinajstić information content (AvgIpc) is 2.81. The Hall–Kier alpha value is -3.24. The fourth-order valence-corrected chi connectivity index (χ4v) is 4.52. The molecule has 0 radical (unpaired) electrons. The number of carbonyl (C=O) groups is 3. The van der Waals surface area contributed by atoms with E-state index >= 15 is 0 Å². The van der Waals surface area contributed by atoms with Gasteiger partial charge >= 0.3 is 5.97 Å². The molecule has 0 saturated carbocycles. The summed E-state index contributed by atoms with van der Waals surface area (Å²) in [5, 5.41) is 2.36. The predicted molar refractivity (Wildman–Crippen MR) is 117 cm³/mol. The minimum atomic E-state index is -3.88. The van der Waals surface area contributed by atoms with Gasteiger partial charge in [-0.25, -0.2) is 8.42 Å². The molecule has 2 aromatic rings. The van der Waals surface area contributed by atoms with Crippen LogP contribution in [0.25, 0.3) is 0 Å². The van der Waals surface area contributed by atoms with E-state index in [2.05, 4.69) is 5.32 Å². The van der Waals surface area contributed by atoms with Gasteiger partial charge in [0.1, 0.15) is 17.2 Å². The van der Waals surface area contributed by atoms with Gasteiger partial charge < -0.3 is 14.8 Å². The Morgan fingerprint density at radius 1 is 0.969 bits per heavy atom. The highest BCUT2D eigenvalue weighted by molar-refractivity contribution is 7.89. The lowest BCUT2D eigenvalue weighted by molar-refractivity contribution is -0.141. The summed E-state index contributed by atoms with van der Waals surface area (Å²) < 4.78 is 37.1. The van der Waals surface area contributed by atoms with Gasteiger partial charge in [0.2, 0.25) is 10.0 Å². The van der Waals surface area contributed by atoms with Gasteiger partial charge in [-0.1, -0.05) is 44.2 Å². The quantitative estimate of drug-likeness (QED) is 0.400. The first-order valence-corrected chi connectivity index (χ1v) is 11.4. The molecule has 9 nitrogen and oxygen atoms in total. The van der Waals surface area contributed by atoms with Crippen molar-refractivity contribution in [2.75, 3.05) is 33.4 Å². The Morgan fingerprint density at radius 2 is 1.62 bits per heavy atom. The summed E-state index contributed by atoms with van der Waals surface area (Å²) in [5.74, 6) is -1.74.